The molecule has 24 heavy (non-hydrogen) atoms. The molecule has 0 aliphatic heterocycles. The van der Waals surface area contributed by atoms with Gasteiger partial charge >= 0.3 is 0 Å². The Morgan fingerprint density at radius 2 is 1.83 bits per heavy atom. The maximum absolute atomic E-state index is 12.5. The molecule has 3 aromatic rings. The lowest BCUT2D eigenvalue weighted by Gasteiger charge is -2.23. The van der Waals surface area contributed by atoms with Gasteiger partial charge in [0.25, 0.3) is 5.91 Å². The minimum atomic E-state index is -0.637. The van der Waals surface area contributed by atoms with Crippen molar-refractivity contribution in [1.29, 1.82) is 0 Å². The van der Waals surface area contributed by atoms with E-state index in [1.165, 1.54) is 5.52 Å². The van der Waals surface area contributed by atoms with Crippen molar-refractivity contribution in [2.24, 2.45) is 0 Å². The summed E-state index contributed by atoms with van der Waals surface area (Å²) in [7, 11) is 0. The molecule has 2 aromatic carbocycles. The molecule has 0 radical (unpaired) electrons. The predicted octanol–water partition coefficient (Wildman–Crippen LogP) is 3.71. The third-order valence-electron chi connectivity index (χ3n) is 4.33. The average Bonchev–Trinajstić information content (AvgIpc) is 2.89. The van der Waals surface area contributed by atoms with Crippen molar-refractivity contribution < 1.29 is 9.90 Å². The van der Waals surface area contributed by atoms with Gasteiger partial charge in [0, 0.05) is 33.9 Å². The van der Waals surface area contributed by atoms with Gasteiger partial charge in [0.15, 0.2) is 0 Å². The van der Waals surface area contributed by atoms with Crippen molar-refractivity contribution in [3.05, 3.63) is 48.0 Å². The number of hydrogen-bond donors (Lipinski definition) is 2. The Labute approximate surface area is 142 Å². The monoisotopic (exact) mass is 324 g/mol. The van der Waals surface area contributed by atoms with Crippen LogP contribution >= 0.6 is 0 Å². The maximum Gasteiger partial charge on any atom is 0.251 e. The molecule has 0 unspecified atom stereocenters. The molecule has 1 aromatic heterocycles. The molecule has 0 atom stereocenters. The molecule has 1 amide bonds. The second-order valence-electron chi connectivity index (χ2n) is 6.90. The highest BCUT2D eigenvalue weighted by Crippen LogP contribution is 2.30. The van der Waals surface area contributed by atoms with Crippen LogP contribution in [0.5, 0.6) is 0 Å². The third kappa shape index (κ3) is 2.89. The van der Waals surface area contributed by atoms with Crippen molar-refractivity contribution in [2.45, 2.75) is 39.3 Å². The van der Waals surface area contributed by atoms with Crippen LogP contribution in [0.25, 0.3) is 21.8 Å². The predicted molar refractivity (Wildman–Crippen MR) is 98.4 cm³/mol. The van der Waals surface area contributed by atoms with Crippen LogP contribution in [0.1, 0.15) is 37.6 Å². The molecular formula is C20H24N2O2. The lowest BCUT2D eigenvalue weighted by Crippen LogP contribution is -2.46. The Kier molecular flexibility index (Phi) is 4.33. The van der Waals surface area contributed by atoms with E-state index < -0.39 is 5.54 Å². The number of amides is 1. The molecule has 0 aliphatic rings. The van der Waals surface area contributed by atoms with Crippen LogP contribution in [-0.4, -0.2) is 27.7 Å². The van der Waals surface area contributed by atoms with E-state index in [1.807, 2.05) is 30.3 Å². The zero-order chi connectivity index (χ0) is 17.3. The fraction of sp³-hybridized carbons (Fsp3) is 0.350. The summed E-state index contributed by atoms with van der Waals surface area (Å²) < 4.78 is 2.31. The highest BCUT2D eigenvalue weighted by atomic mass is 16.3. The number of aromatic nitrogens is 1. The van der Waals surface area contributed by atoms with Gasteiger partial charge in [-0.15, -0.1) is 0 Å². The number of aliphatic hydroxyl groups is 1. The number of benzene rings is 2. The molecule has 4 heteroatoms. The molecule has 0 bridgehead atoms. The Bertz CT molecular complexity index is 893. The van der Waals surface area contributed by atoms with Crippen LogP contribution in [0, 0.1) is 0 Å². The standard InChI is InChI=1S/C20H24N2O2/c1-4-11-22-17-8-6-5-7-15(17)16-12-14(9-10-18(16)22)19(24)21-20(2,3)13-23/h5-10,12,23H,4,11,13H2,1-3H3,(H,21,24). The van der Waals surface area contributed by atoms with Crippen LogP contribution in [0.2, 0.25) is 0 Å². The highest BCUT2D eigenvalue weighted by molar-refractivity contribution is 6.10. The number of nitrogens with one attached hydrogen (secondary N) is 1. The lowest BCUT2D eigenvalue weighted by atomic mass is 10.0. The third-order valence-corrected chi connectivity index (χ3v) is 4.33. The van der Waals surface area contributed by atoms with E-state index in [-0.39, 0.29) is 12.5 Å². The molecule has 0 saturated carbocycles. The van der Waals surface area contributed by atoms with Crippen molar-refractivity contribution in [1.82, 2.24) is 9.88 Å². The van der Waals surface area contributed by atoms with Crippen LogP contribution in [0.3, 0.4) is 0 Å². The first-order valence-electron chi connectivity index (χ1n) is 8.41. The van der Waals surface area contributed by atoms with Crippen molar-refractivity contribution in [3.63, 3.8) is 0 Å². The fourth-order valence-electron chi connectivity index (χ4n) is 3.08. The van der Waals surface area contributed by atoms with Crippen LogP contribution in [-0.2, 0) is 6.54 Å². The van der Waals surface area contributed by atoms with E-state index in [0.717, 1.165) is 29.3 Å². The SMILES string of the molecule is CCCn1c2ccccc2c2cc(C(=O)NC(C)(C)CO)ccc21. The summed E-state index contributed by atoms with van der Waals surface area (Å²) in [6.45, 7) is 6.62. The van der Waals surface area contributed by atoms with Gasteiger partial charge in [-0.3, -0.25) is 4.79 Å². The minimum absolute atomic E-state index is 0.100. The second kappa shape index (κ2) is 6.29. The summed E-state index contributed by atoms with van der Waals surface area (Å²) in [5.74, 6) is -0.164. The van der Waals surface area contributed by atoms with E-state index in [4.69, 9.17) is 0 Å². The van der Waals surface area contributed by atoms with Crippen LogP contribution < -0.4 is 5.32 Å². The Hall–Kier alpha value is -2.33. The molecule has 4 nitrogen and oxygen atoms in total. The quantitative estimate of drug-likeness (QED) is 0.752. The van der Waals surface area contributed by atoms with Gasteiger partial charge < -0.3 is 15.0 Å². The summed E-state index contributed by atoms with van der Waals surface area (Å²) in [4.78, 5) is 12.5. The number of fused-ring (bicyclic) bond motifs is 3. The summed E-state index contributed by atoms with van der Waals surface area (Å²) in [5, 5.41) is 14.5. The number of hydrogen-bond acceptors (Lipinski definition) is 2. The molecule has 1 heterocycles. The first-order chi connectivity index (χ1) is 11.5. The van der Waals surface area contributed by atoms with Crippen molar-refractivity contribution >= 4 is 27.7 Å². The van der Waals surface area contributed by atoms with Gasteiger partial charge in [-0.2, -0.15) is 0 Å². The van der Waals surface area contributed by atoms with E-state index in [2.05, 4.69) is 28.9 Å². The van der Waals surface area contributed by atoms with Crippen LogP contribution in [0.15, 0.2) is 42.5 Å². The van der Waals surface area contributed by atoms with Crippen LogP contribution in [0.4, 0.5) is 0 Å². The number of aryl methyl sites for hydroxylation is 1. The molecule has 0 spiro atoms. The smallest absolute Gasteiger partial charge is 0.251 e. The maximum atomic E-state index is 12.5. The normalized spacial score (nSPS) is 12.0. The summed E-state index contributed by atoms with van der Waals surface area (Å²) >= 11 is 0. The zero-order valence-electron chi connectivity index (χ0n) is 14.5. The topological polar surface area (TPSA) is 54.3 Å². The Morgan fingerprint density at radius 1 is 1.12 bits per heavy atom. The number of carbonyl (C=O) groups excluding carboxylic acids is 1. The molecule has 0 fully saturated rings. The first kappa shape index (κ1) is 16.5. The molecule has 3 rings (SSSR count). The van der Waals surface area contributed by atoms with Crippen molar-refractivity contribution in [2.75, 3.05) is 6.61 Å². The molecular weight excluding hydrogens is 300 g/mol. The van der Waals surface area contributed by atoms with Gasteiger partial charge in [0.1, 0.15) is 0 Å². The van der Waals surface area contributed by atoms with Gasteiger partial charge in [-0.05, 0) is 44.5 Å². The van der Waals surface area contributed by atoms with Gasteiger partial charge in [0.2, 0.25) is 0 Å². The molecule has 2 N–H and O–H groups in total. The lowest BCUT2D eigenvalue weighted by molar-refractivity contribution is 0.0869. The Morgan fingerprint density at radius 3 is 2.54 bits per heavy atom. The summed E-state index contributed by atoms with van der Waals surface area (Å²) in [6, 6.07) is 14.1. The molecule has 126 valence electrons. The van der Waals surface area contributed by atoms with Gasteiger partial charge in [-0.1, -0.05) is 25.1 Å². The highest BCUT2D eigenvalue weighted by Gasteiger charge is 2.20. The average molecular weight is 324 g/mol. The number of carbonyl (C=O) groups is 1. The fourth-order valence-corrected chi connectivity index (χ4v) is 3.08. The zero-order valence-corrected chi connectivity index (χ0v) is 14.5. The second-order valence-corrected chi connectivity index (χ2v) is 6.90. The number of rotatable bonds is 5. The summed E-state index contributed by atoms with van der Waals surface area (Å²) in [5.41, 5.74) is 2.32. The number of nitrogens with zero attached hydrogens (tertiary/aromatic N) is 1. The largest absolute Gasteiger partial charge is 0.394 e. The van der Waals surface area contributed by atoms with Gasteiger partial charge in [0.05, 0.1) is 12.1 Å². The number of para-hydroxylation sites is 1. The van der Waals surface area contributed by atoms with E-state index in [0.29, 0.717) is 5.56 Å². The number of aliphatic hydroxyl groups excluding tert-OH is 1. The molecule has 0 saturated heterocycles. The molecule has 0 aliphatic carbocycles. The van der Waals surface area contributed by atoms with E-state index in [1.54, 1.807) is 13.8 Å². The van der Waals surface area contributed by atoms with E-state index in [9.17, 15) is 9.90 Å². The summed E-state index contributed by atoms with van der Waals surface area (Å²) in [6.07, 6.45) is 1.06. The van der Waals surface area contributed by atoms with Gasteiger partial charge in [-0.25, -0.2) is 0 Å². The minimum Gasteiger partial charge on any atom is -0.394 e. The first-order valence-corrected chi connectivity index (χ1v) is 8.41. The van der Waals surface area contributed by atoms with Crippen molar-refractivity contribution in [3.8, 4) is 0 Å². The Balaban J connectivity index is 2.11. The van der Waals surface area contributed by atoms with E-state index >= 15 is 0 Å².